The van der Waals surface area contributed by atoms with Crippen LogP contribution in [0.5, 0.6) is 0 Å². The highest BCUT2D eigenvalue weighted by atomic mass is 19.1. The molecule has 2 aromatic carbocycles. The highest BCUT2D eigenvalue weighted by Crippen LogP contribution is 2.28. The number of nitrogens with zero attached hydrogens (tertiary/aromatic N) is 2. The first-order chi connectivity index (χ1) is 11.6. The summed E-state index contributed by atoms with van der Waals surface area (Å²) in [6.07, 6.45) is 3.37. The summed E-state index contributed by atoms with van der Waals surface area (Å²) < 4.78 is 15.6. The first-order valence-electron chi connectivity index (χ1n) is 7.89. The van der Waals surface area contributed by atoms with Crippen LogP contribution in [0.25, 0.3) is 22.6 Å². The van der Waals surface area contributed by atoms with Crippen molar-refractivity contribution < 1.29 is 4.39 Å². The van der Waals surface area contributed by atoms with E-state index in [4.69, 9.17) is 5.73 Å². The summed E-state index contributed by atoms with van der Waals surface area (Å²) in [7, 11) is 0. The molecule has 0 amide bonds. The third-order valence-corrected chi connectivity index (χ3v) is 4.33. The Bertz CT molecular complexity index is 1040. The molecule has 0 unspecified atom stereocenters. The Hall–Kier alpha value is -2.95. The van der Waals surface area contributed by atoms with Crippen molar-refractivity contribution in [2.24, 2.45) is 0 Å². The van der Waals surface area contributed by atoms with E-state index in [1.807, 2.05) is 0 Å². The van der Waals surface area contributed by atoms with E-state index in [9.17, 15) is 9.18 Å². The second-order valence-electron chi connectivity index (χ2n) is 5.96. The van der Waals surface area contributed by atoms with E-state index in [-0.39, 0.29) is 11.4 Å². The van der Waals surface area contributed by atoms with Gasteiger partial charge in [0.25, 0.3) is 5.56 Å². The smallest absolute Gasteiger partial charge is 0.261 e. The first-order valence-corrected chi connectivity index (χ1v) is 7.89. The summed E-state index contributed by atoms with van der Waals surface area (Å²) in [5.74, 6) is 0.321. The molecule has 3 aromatic rings. The zero-order valence-corrected chi connectivity index (χ0v) is 13.0. The summed E-state index contributed by atoms with van der Waals surface area (Å²) in [6, 6.07) is 11.7. The fourth-order valence-corrected chi connectivity index (χ4v) is 3.15. The molecular formula is C19H16FN3O. The van der Waals surface area contributed by atoms with E-state index in [2.05, 4.69) is 4.98 Å². The lowest BCUT2D eigenvalue weighted by atomic mass is 10.0. The molecule has 0 saturated carbocycles. The van der Waals surface area contributed by atoms with Gasteiger partial charge in [-0.05, 0) is 48.8 Å². The Morgan fingerprint density at radius 2 is 2.04 bits per heavy atom. The number of allylic oxidation sites excluding steroid dienone is 1. The van der Waals surface area contributed by atoms with Crippen molar-refractivity contribution in [3.05, 3.63) is 70.0 Å². The Morgan fingerprint density at radius 1 is 1.21 bits per heavy atom. The maximum Gasteiger partial charge on any atom is 0.261 e. The minimum Gasteiger partial charge on any atom is -0.399 e. The number of anilines is 1. The van der Waals surface area contributed by atoms with Gasteiger partial charge in [-0.25, -0.2) is 9.37 Å². The SMILES string of the molecule is Nc1ccc2c(=O)n3c(nc2c1)C(=Cc1ccccc1F)CCC3. The van der Waals surface area contributed by atoms with Gasteiger partial charge in [0.2, 0.25) is 0 Å². The highest BCUT2D eigenvalue weighted by molar-refractivity contribution is 5.85. The topological polar surface area (TPSA) is 60.9 Å². The Balaban J connectivity index is 1.96. The highest BCUT2D eigenvalue weighted by Gasteiger charge is 2.19. The summed E-state index contributed by atoms with van der Waals surface area (Å²) >= 11 is 0. The first kappa shape index (κ1) is 14.6. The molecule has 0 atom stereocenters. The minimum atomic E-state index is -0.283. The molecule has 4 nitrogen and oxygen atoms in total. The number of fused-ring (bicyclic) bond motifs is 2. The van der Waals surface area contributed by atoms with Crippen LogP contribution in [0.15, 0.2) is 47.3 Å². The lowest BCUT2D eigenvalue weighted by Crippen LogP contribution is -2.27. The van der Waals surface area contributed by atoms with Crippen LogP contribution < -0.4 is 11.3 Å². The number of hydrogen-bond acceptors (Lipinski definition) is 3. The van der Waals surface area contributed by atoms with E-state index < -0.39 is 0 Å². The Labute approximate surface area is 138 Å². The molecule has 24 heavy (non-hydrogen) atoms. The second-order valence-corrected chi connectivity index (χ2v) is 5.96. The van der Waals surface area contributed by atoms with Crippen LogP contribution in [-0.2, 0) is 6.54 Å². The molecule has 1 aliphatic heterocycles. The molecule has 0 saturated heterocycles. The quantitative estimate of drug-likeness (QED) is 0.698. The zero-order valence-electron chi connectivity index (χ0n) is 13.0. The Morgan fingerprint density at radius 3 is 2.88 bits per heavy atom. The van der Waals surface area contributed by atoms with Crippen LogP contribution in [-0.4, -0.2) is 9.55 Å². The number of rotatable bonds is 1. The summed E-state index contributed by atoms with van der Waals surface area (Å²) in [6.45, 7) is 0.621. The van der Waals surface area contributed by atoms with Crippen LogP contribution in [0, 0.1) is 5.82 Å². The van der Waals surface area contributed by atoms with Gasteiger partial charge in [-0.3, -0.25) is 9.36 Å². The third-order valence-electron chi connectivity index (χ3n) is 4.33. The zero-order chi connectivity index (χ0) is 16.7. The molecule has 0 radical (unpaired) electrons. The van der Waals surface area contributed by atoms with Gasteiger partial charge in [-0.2, -0.15) is 0 Å². The van der Waals surface area contributed by atoms with Crippen molar-refractivity contribution in [2.45, 2.75) is 19.4 Å². The molecule has 0 aliphatic carbocycles. The third kappa shape index (κ3) is 2.38. The van der Waals surface area contributed by atoms with Crippen molar-refractivity contribution >= 4 is 28.2 Å². The van der Waals surface area contributed by atoms with Crippen molar-refractivity contribution in [2.75, 3.05) is 5.73 Å². The average Bonchev–Trinajstić information content (AvgIpc) is 2.57. The summed E-state index contributed by atoms with van der Waals surface area (Å²) in [4.78, 5) is 17.4. The number of benzene rings is 2. The minimum absolute atomic E-state index is 0.0749. The van der Waals surface area contributed by atoms with Crippen LogP contribution >= 0.6 is 0 Å². The fraction of sp³-hybridized carbons (Fsp3) is 0.158. The second kappa shape index (κ2) is 5.60. The van der Waals surface area contributed by atoms with Crippen molar-refractivity contribution in [1.29, 1.82) is 0 Å². The standard InChI is InChI=1S/C19H16FN3O/c20-16-6-2-1-4-12(16)10-13-5-3-9-23-18(13)22-17-11-14(21)7-8-15(17)19(23)24/h1-2,4,6-8,10-11H,3,5,9,21H2. The van der Waals surface area contributed by atoms with E-state index >= 15 is 0 Å². The van der Waals surface area contributed by atoms with Crippen molar-refractivity contribution in [3.8, 4) is 0 Å². The molecule has 2 heterocycles. The van der Waals surface area contributed by atoms with Gasteiger partial charge in [-0.1, -0.05) is 18.2 Å². The average molecular weight is 321 g/mol. The van der Waals surface area contributed by atoms with Gasteiger partial charge in [0, 0.05) is 17.8 Å². The molecule has 1 aliphatic rings. The molecule has 120 valence electrons. The van der Waals surface area contributed by atoms with Crippen LogP contribution in [0.4, 0.5) is 10.1 Å². The normalized spacial score (nSPS) is 15.6. The number of halogens is 1. The lowest BCUT2D eigenvalue weighted by molar-refractivity contribution is 0.587. The monoisotopic (exact) mass is 321 g/mol. The number of nitrogen functional groups attached to an aromatic ring is 1. The van der Waals surface area contributed by atoms with E-state index in [0.717, 1.165) is 18.4 Å². The molecule has 0 spiro atoms. The van der Waals surface area contributed by atoms with Gasteiger partial charge in [0.15, 0.2) is 0 Å². The molecule has 2 N–H and O–H groups in total. The van der Waals surface area contributed by atoms with Gasteiger partial charge in [-0.15, -0.1) is 0 Å². The van der Waals surface area contributed by atoms with Gasteiger partial charge in [0.1, 0.15) is 11.6 Å². The predicted molar refractivity (Wildman–Crippen MR) is 93.9 cm³/mol. The van der Waals surface area contributed by atoms with E-state index in [1.54, 1.807) is 47.0 Å². The van der Waals surface area contributed by atoms with Gasteiger partial charge < -0.3 is 5.73 Å². The van der Waals surface area contributed by atoms with E-state index in [0.29, 0.717) is 34.5 Å². The summed E-state index contributed by atoms with van der Waals surface area (Å²) in [5, 5.41) is 0.556. The number of nitrogens with two attached hydrogens (primary N) is 1. The van der Waals surface area contributed by atoms with Crippen LogP contribution in [0.2, 0.25) is 0 Å². The largest absolute Gasteiger partial charge is 0.399 e. The molecule has 5 heteroatoms. The summed E-state index contributed by atoms with van der Waals surface area (Å²) in [5.41, 5.74) is 8.25. The molecule has 1 aromatic heterocycles. The van der Waals surface area contributed by atoms with Gasteiger partial charge in [0.05, 0.1) is 10.9 Å². The molecule has 4 rings (SSSR count). The maximum atomic E-state index is 14.0. The molecular weight excluding hydrogens is 305 g/mol. The predicted octanol–water partition coefficient (Wildman–Crippen LogP) is 3.45. The van der Waals surface area contributed by atoms with Crippen molar-refractivity contribution in [1.82, 2.24) is 9.55 Å². The van der Waals surface area contributed by atoms with Gasteiger partial charge >= 0.3 is 0 Å². The number of hydrogen-bond donors (Lipinski definition) is 1. The van der Waals surface area contributed by atoms with E-state index in [1.165, 1.54) is 6.07 Å². The Kier molecular flexibility index (Phi) is 3.41. The van der Waals surface area contributed by atoms with Crippen molar-refractivity contribution in [3.63, 3.8) is 0 Å². The lowest BCUT2D eigenvalue weighted by Gasteiger charge is -2.21. The number of aromatic nitrogens is 2. The molecule has 0 bridgehead atoms. The fourth-order valence-electron chi connectivity index (χ4n) is 3.15. The van der Waals surface area contributed by atoms with Crippen LogP contribution in [0.3, 0.4) is 0 Å². The van der Waals surface area contributed by atoms with Crippen LogP contribution in [0.1, 0.15) is 24.2 Å². The maximum absolute atomic E-state index is 14.0. The molecule has 0 fully saturated rings.